The Bertz CT molecular complexity index is 1440. The average Bonchev–Trinajstić information content (AvgIpc) is 3.38. The zero-order valence-electron chi connectivity index (χ0n) is 18.6. The fourth-order valence-electron chi connectivity index (χ4n) is 4.34. The Hall–Kier alpha value is -4.13. The van der Waals surface area contributed by atoms with Gasteiger partial charge in [0.05, 0.1) is 5.56 Å². The molecule has 1 aromatic heterocycles. The fourth-order valence-corrected chi connectivity index (χ4v) is 4.34. The summed E-state index contributed by atoms with van der Waals surface area (Å²) in [5.74, 6) is -0.146. The van der Waals surface area contributed by atoms with Gasteiger partial charge in [0.15, 0.2) is 0 Å². The highest BCUT2D eigenvalue weighted by molar-refractivity contribution is 6.08. The van der Waals surface area contributed by atoms with Crippen molar-refractivity contribution in [2.24, 2.45) is 5.10 Å². The van der Waals surface area contributed by atoms with E-state index in [-0.39, 0.29) is 11.8 Å². The number of amides is 1. The van der Waals surface area contributed by atoms with E-state index in [4.69, 9.17) is 9.47 Å². The van der Waals surface area contributed by atoms with Crippen molar-refractivity contribution in [3.63, 3.8) is 0 Å². The van der Waals surface area contributed by atoms with Crippen LogP contribution < -0.4 is 4.74 Å². The number of ether oxygens (including phenoxy) is 2. The van der Waals surface area contributed by atoms with Gasteiger partial charge in [0.1, 0.15) is 5.75 Å². The number of aryl methyl sites for hydroxylation is 1. The SMILES string of the molecule is CCn1c2ccccc2c2cc([C@@H]3OC(c4ccccc4OC(C)=O)=NN3C(C)=O)ccc21. The third-order valence-corrected chi connectivity index (χ3v) is 5.74. The molecule has 0 saturated carbocycles. The van der Waals surface area contributed by atoms with E-state index in [0.717, 1.165) is 33.9 Å². The summed E-state index contributed by atoms with van der Waals surface area (Å²) < 4.78 is 13.8. The van der Waals surface area contributed by atoms with Crippen molar-refractivity contribution in [2.75, 3.05) is 0 Å². The van der Waals surface area contributed by atoms with Gasteiger partial charge in [-0.2, -0.15) is 5.01 Å². The molecule has 0 spiro atoms. The van der Waals surface area contributed by atoms with Crippen molar-refractivity contribution in [3.05, 3.63) is 77.9 Å². The summed E-state index contributed by atoms with van der Waals surface area (Å²) >= 11 is 0. The number of hydrazone groups is 1. The Morgan fingerprint density at radius 1 is 0.970 bits per heavy atom. The Labute approximate surface area is 190 Å². The van der Waals surface area contributed by atoms with Crippen LogP contribution in [0.15, 0.2) is 71.8 Å². The summed E-state index contributed by atoms with van der Waals surface area (Å²) in [5, 5.41) is 7.98. The number of esters is 1. The van der Waals surface area contributed by atoms with Crippen LogP contribution in [0.5, 0.6) is 5.75 Å². The highest BCUT2D eigenvalue weighted by Gasteiger charge is 2.34. The van der Waals surface area contributed by atoms with Gasteiger partial charge in [-0.05, 0) is 37.3 Å². The molecule has 7 nitrogen and oxygen atoms in total. The largest absolute Gasteiger partial charge is 0.446 e. The number of hydrogen-bond acceptors (Lipinski definition) is 5. The van der Waals surface area contributed by atoms with E-state index >= 15 is 0 Å². The third kappa shape index (κ3) is 3.51. The maximum absolute atomic E-state index is 12.4. The molecule has 0 unspecified atom stereocenters. The highest BCUT2D eigenvalue weighted by Crippen LogP contribution is 2.36. The molecular weight excluding hydrogens is 418 g/mol. The lowest BCUT2D eigenvalue weighted by molar-refractivity contribution is -0.135. The van der Waals surface area contributed by atoms with Gasteiger partial charge in [-0.3, -0.25) is 9.59 Å². The minimum Gasteiger partial charge on any atom is -0.446 e. The van der Waals surface area contributed by atoms with Crippen LogP contribution in [0.25, 0.3) is 21.8 Å². The number of hydrogen-bond donors (Lipinski definition) is 0. The zero-order chi connectivity index (χ0) is 23.1. The quantitative estimate of drug-likeness (QED) is 0.331. The average molecular weight is 441 g/mol. The van der Waals surface area contributed by atoms with Crippen LogP contribution in [-0.2, 0) is 20.9 Å². The van der Waals surface area contributed by atoms with E-state index in [0.29, 0.717) is 11.3 Å². The van der Waals surface area contributed by atoms with Crippen molar-refractivity contribution in [1.29, 1.82) is 0 Å². The molecule has 1 aliphatic heterocycles. The summed E-state index contributed by atoms with van der Waals surface area (Å²) in [7, 11) is 0. The van der Waals surface area contributed by atoms with E-state index in [1.807, 2.05) is 18.2 Å². The van der Waals surface area contributed by atoms with E-state index in [1.165, 1.54) is 18.9 Å². The number of fused-ring (bicyclic) bond motifs is 3. The van der Waals surface area contributed by atoms with Crippen molar-refractivity contribution in [2.45, 2.75) is 33.5 Å². The predicted molar refractivity (Wildman–Crippen MR) is 126 cm³/mol. The summed E-state index contributed by atoms with van der Waals surface area (Å²) in [6, 6.07) is 21.3. The molecule has 1 atom stereocenters. The topological polar surface area (TPSA) is 73.1 Å². The van der Waals surface area contributed by atoms with Crippen LogP contribution in [0.4, 0.5) is 0 Å². The van der Waals surface area contributed by atoms with Gasteiger partial charge in [-0.25, -0.2) is 0 Å². The van der Waals surface area contributed by atoms with Crippen LogP contribution in [0.1, 0.15) is 38.1 Å². The molecule has 2 heterocycles. The Balaban J connectivity index is 1.58. The van der Waals surface area contributed by atoms with E-state index in [2.05, 4.69) is 40.9 Å². The highest BCUT2D eigenvalue weighted by atomic mass is 16.5. The molecule has 5 rings (SSSR count). The first-order chi connectivity index (χ1) is 16.0. The molecule has 0 N–H and O–H groups in total. The second kappa shape index (κ2) is 8.09. The van der Waals surface area contributed by atoms with Gasteiger partial charge < -0.3 is 14.0 Å². The van der Waals surface area contributed by atoms with Gasteiger partial charge in [0, 0.05) is 47.8 Å². The normalized spacial score (nSPS) is 15.5. The van der Waals surface area contributed by atoms with Crippen LogP contribution >= 0.6 is 0 Å². The lowest BCUT2D eigenvalue weighted by Crippen LogP contribution is -2.25. The van der Waals surface area contributed by atoms with Crippen molar-refractivity contribution >= 4 is 39.6 Å². The fraction of sp³-hybridized carbons (Fsp3) is 0.192. The first kappa shape index (κ1) is 20.8. The molecule has 0 saturated heterocycles. The number of aromatic nitrogens is 1. The Morgan fingerprint density at radius 3 is 2.45 bits per heavy atom. The number of rotatable bonds is 4. The third-order valence-electron chi connectivity index (χ3n) is 5.74. The number of para-hydroxylation sites is 2. The molecule has 0 aliphatic carbocycles. The second-order valence-electron chi connectivity index (χ2n) is 7.87. The summed E-state index contributed by atoms with van der Waals surface area (Å²) in [6.45, 7) is 5.75. The first-order valence-electron chi connectivity index (χ1n) is 10.8. The van der Waals surface area contributed by atoms with E-state index in [9.17, 15) is 9.59 Å². The standard InChI is InChI=1S/C26H23N3O4/c1-4-28-22-11-7-5-9-19(22)21-15-18(13-14-23(21)28)26-29(16(2)30)27-25(33-26)20-10-6-8-12-24(20)32-17(3)31/h5-15,26H,4H2,1-3H3/t26-/m0/s1. The lowest BCUT2D eigenvalue weighted by Gasteiger charge is -2.19. The summed E-state index contributed by atoms with van der Waals surface area (Å²) in [5.41, 5.74) is 3.59. The van der Waals surface area contributed by atoms with Gasteiger partial charge >= 0.3 is 5.97 Å². The number of benzene rings is 3. The molecule has 4 aromatic rings. The molecular formula is C26H23N3O4. The zero-order valence-corrected chi connectivity index (χ0v) is 18.6. The van der Waals surface area contributed by atoms with Crippen molar-refractivity contribution in [3.8, 4) is 5.75 Å². The molecule has 166 valence electrons. The number of carbonyl (C=O) groups is 2. The van der Waals surface area contributed by atoms with Gasteiger partial charge in [0.2, 0.25) is 18.0 Å². The predicted octanol–water partition coefficient (Wildman–Crippen LogP) is 4.98. The minimum absolute atomic E-state index is 0.225. The number of nitrogens with zero attached hydrogens (tertiary/aromatic N) is 3. The van der Waals surface area contributed by atoms with Crippen LogP contribution in [0.2, 0.25) is 0 Å². The molecule has 1 amide bonds. The monoisotopic (exact) mass is 441 g/mol. The lowest BCUT2D eigenvalue weighted by atomic mass is 10.1. The van der Waals surface area contributed by atoms with E-state index < -0.39 is 12.2 Å². The molecule has 3 aromatic carbocycles. The molecule has 0 bridgehead atoms. The molecule has 1 aliphatic rings. The van der Waals surface area contributed by atoms with E-state index in [1.54, 1.807) is 24.3 Å². The second-order valence-corrected chi connectivity index (χ2v) is 7.87. The summed E-state index contributed by atoms with van der Waals surface area (Å²) in [6.07, 6.45) is -0.726. The number of carbonyl (C=O) groups excluding carboxylic acids is 2. The Morgan fingerprint density at radius 2 is 1.70 bits per heavy atom. The molecule has 0 radical (unpaired) electrons. The van der Waals surface area contributed by atoms with Crippen molar-refractivity contribution in [1.82, 2.24) is 9.58 Å². The van der Waals surface area contributed by atoms with Gasteiger partial charge in [0.25, 0.3) is 0 Å². The summed E-state index contributed by atoms with van der Waals surface area (Å²) in [4.78, 5) is 24.0. The molecule has 7 heteroatoms. The molecule has 0 fully saturated rings. The van der Waals surface area contributed by atoms with Crippen LogP contribution in [-0.4, -0.2) is 27.4 Å². The van der Waals surface area contributed by atoms with Gasteiger partial charge in [-0.1, -0.05) is 36.4 Å². The van der Waals surface area contributed by atoms with Crippen molar-refractivity contribution < 1.29 is 19.1 Å². The minimum atomic E-state index is -0.726. The van der Waals surface area contributed by atoms with Crippen LogP contribution in [0, 0.1) is 0 Å². The van der Waals surface area contributed by atoms with Crippen LogP contribution in [0.3, 0.4) is 0 Å². The Kier molecular flexibility index (Phi) is 5.09. The first-order valence-corrected chi connectivity index (χ1v) is 10.8. The van der Waals surface area contributed by atoms with Gasteiger partial charge in [-0.15, -0.1) is 5.10 Å². The molecule has 33 heavy (non-hydrogen) atoms. The maximum atomic E-state index is 12.4. The maximum Gasteiger partial charge on any atom is 0.308 e. The smallest absolute Gasteiger partial charge is 0.308 e.